The molecule has 19 heavy (non-hydrogen) atoms. The number of hydrogen-bond acceptors (Lipinski definition) is 4. The first kappa shape index (κ1) is 12.2. The number of imidazole rings is 1. The van der Waals surface area contributed by atoms with Crippen LogP contribution in [0.1, 0.15) is 0 Å². The van der Waals surface area contributed by atoms with Gasteiger partial charge in [-0.25, -0.2) is 14.1 Å². The van der Waals surface area contributed by atoms with Gasteiger partial charge in [-0.05, 0) is 12.1 Å². The number of carbonyl (C=O) groups is 1. The molecule has 3 rings (SSSR count). The number of halogens is 1. The molecule has 2 aromatic rings. The Balaban J connectivity index is 2.24. The molecule has 0 unspecified atom stereocenters. The average molecular weight is 301 g/mol. The predicted octanol–water partition coefficient (Wildman–Crippen LogP) is 0.702. The molecule has 3 heterocycles. The van der Waals surface area contributed by atoms with Gasteiger partial charge in [-0.1, -0.05) is 17.7 Å². The van der Waals surface area contributed by atoms with Crippen LogP contribution >= 0.6 is 11.6 Å². The van der Waals surface area contributed by atoms with Crippen LogP contribution in [0.15, 0.2) is 29.4 Å². The summed E-state index contributed by atoms with van der Waals surface area (Å²) in [6.45, 7) is 0.365. The van der Waals surface area contributed by atoms with E-state index < -0.39 is 16.1 Å². The molecule has 1 aliphatic heterocycles. The number of nitrogens with zero attached hydrogens (tertiary/aromatic N) is 3. The van der Waals surface area contributed by atoms with Crippen molar-refractivity contribution in [2.75, 3.05) is 13.1 Å². The highest BCUT2D eigenvalue weighted by molar-refractivity contribution is 7.89. The van der Waals surface area contributed by atoms with Gasteiger partial charge in [0.25, 0.3) is 10.0 Å². The summed E-state index contributed by atoms with van der Waals surface area (Å²) in [6, 6.07) is 4.36. The van der Waals surface area contributed by atoms with Gasteiger partial charge in [-0.15, -0.1) is 0 Å². The zero-order valence-corrected chi connectivity index (χ0v) is 11.1. The Morgan fingerprint density at radius 2 is 2.16 bits per heavy atom. The molecule has 9 heteroatoms. The summed E-state index contributed by atoms with van der Waals surface area (Å²) >= 11 is 5.91. The maximum atomic E-state index is 12.5. The molecular formula is C10H9ClN4O3S. The molecule has 0 radical (unpaired) electrons. The van der Waals surface area contributed by atoms with Gasteiger partial charge in [-0.2, -0.15) is 8.42 Å². The first-order chi connectivity index (χ1) is 9.01. The molecule has 0 bridgehead atoms. The topological polar surface area (TPSA) is 83.8 Å². The highest BCUT2D eigenvalue weighted by atomic mass is 35.5. The second kappa shape index (κ2) is 4.10. The van der Waals surface area contributed by atoms with Gasteiger partial charge in [0.15, 0.2) is 10.2 Å². The van der Waals surface area contributed by atoms with Crippen LogP contribution in [0.2, 0.25) is 5.15 Å². The van der Waals surface area contributed by atoms with Gasteiger partial charge < -0.3 is 5.32 Å². The fraction of sp³-hybridized carbons (Fsp3) is 0.200. The summed E-state index contributed by atoms with van der Waals surface area (Å²) in [7, 11) is -4.01. The molecule has 1 saturated heterocycles. The second-order valence-corrected chi connectivity index (χ2v) is 6.08. The van der Waals surface area contributed by atoms with Crippen molar-refractivity contribution in [3.05, 3.63) is 29.5 Å². The third-order valence-electron chi connectivity index (χ3n) is 2.80. The van der Waals surface area contributed by atoms with E-state index in [0.717, 1.165) is 4.31 Å². The van der Waals surface area contributed by atoms with Crippen molar-refractivity contribution >= 4 is 33.3 Å². The zero-order valence-electron chi connectivity index (χ0n) is 9.58. The molecular weight excluding hydrogens is 292 g/mol. The van der Waals surface area contributed by atoms with Gasteiger partial charge in [0.2, 0.25) is 0 Å². The number of fused-ring (bicyclic) bond motifs is 1. The van der Waals surface area contributed by atoms with E-state index in [1.807, 2.05) is 0 Å². The Hall–Kier alpha value is -1.80. The van der Waals surface area contributed by atoms with Crippen molar-refractivity contribution in [3.63, 3.8) is 0 Å². The highest BCUT2D eigenvalue weighted by Crippen LogP contribution is 2.26. The van der Waals surface area contributed by atoms with Gasteiger partial charge >= 0.3 is 6.03 Å². The number of urea groups is 1. The lowest BCUT2D eigenvalue weighted by molar-refractivity contribution is 0.235. The molecule has 0 aliphatic carbocycles. The molecule has 1 N–H and O–H groups in total. The number of pyridine rings is 1. The van der Waals surface area contributed by atoms with Gasteiger partial charge in [-0.3, -0.25) is 4.40 Å². The number of nitrogens with one attached hydrogen (secondary N) is 1. The minimum absolute atomic E-state index is 0.0809. The first-order valence-corrected chi connectivity index (χ1v) is 7.27. The SMILES string of the molecule is O=C1NCCN1S(=O)(=O)c1c(Cl)nc2ccccn12. The Kier molecular flexibility index (Phi) is 2.64. The van der Waals surface area contributed by atoms with E-state index in [-0.39, 0.29) is 23.3 Å². The lowest BCUT2D eigenvalue weighted by Crippen LogP contribution is -2.35. The van der Waals surface area contributed by atoms with Crippen molar-refractivity contribution in [1.82, 2.24) is 19.0 Å². The average Bonchev–Trinajstić information content (AvgIpc) is 2.91. The molecule has 1 fully saturated rings. The van der Waals surface area contributed by atoms with Crippen molar-refractivity contribution < 1.29 is 13.2 Å². The van der Waals surface area contributed by atoms with Crippen LogP contribution in [0.3, 0.4) is 0 Å². The summed E-state index contributed by atoms with van der Waals surface area (Å²) < 4.78 is 27.0. The molecule has 0 aromatic carbocycles. The summed E-state index contributed by atoms with van der Waals surface area (Å²) in [5.41, 5.74) is 0.408. The molecule has 1 aliphatic rings. The van der Waals surface area contributed by atoms with E-state index in [1.165, 1.54) is 10.6 Å². The molecule has 7 nitrogen and oxygen atoms in total. The number of hydrogen-bond donors (Lipinski definition) is 1. The number of carbonyl (C=O) groups excluding carboxylic acids is 1. The quantitative estimate of drug-likeness (QED) is 0.885. The Morgan fingerprint density at radius 1 is 1.37 bits per heavy atom. The standard InChI is InChI=1S/C10H9ClN4O3S/c11-8-9(14-5-2-1-3-7(14)13-8)19(17,18)15-6-4-12-10(15)16/h1-3,5H,4,6H2,(H,12,16). The van der Waals surface area contributed by atoms with Crippen molar-refractivity contribution in [2.24, 2.45) is 0 Å². The van der Waals surface area contributed by atoms with Crippen molar-refractivity contribution in [1.29, 1.82) is 0 Å². The minimum Gasteiger partial charge on any atom is -0.335 e. The number of amides is 2. The van der Waals surface area contributed by atoms with Crippen LogP contribution in [-0.4, -0.2) is 41.2 Å². The Labute approximate surface area is 113 Å². The fourth-order valence-corrected chi connectivity index (χ4v) is 3.92. The lowest BCUT2D eigenvalue weighted by atomic mass is 10.5. The molecule has 0 atom stereocenters. The normalized spacial score (nSPS) is 16.1. The van der Waals surface area contributed by atoms with Crippen molar-refractivity contribution in [2.45, 2.75) is 5.03 Å². The third-order valence-corrected chi connectivity index (χ3v) is 4.98. The van der Waals surface area contributed by atoms with Gasteiger partial charge in [0.05, 0.1) is 6.54 Å². The Bertz CT molecular complexity index is 770. The largest absolute Gasteiger partial charge is 0.335 e. The van der Waals surface area contributed by atoms with E-state index >= 15 is 0 Å². The predicted molar refractivity (Wildman–Crippen MR) is 67.5 cm³/mol. The molecule has 2 aromatic heterocycles. The Morgan fingerprint density at radius 3 is 2.84 bits per heavy atom. The zero-order chi connectivity index (χ0) is 13.6. The minimum atomic E-state index is -4.01. The molecule has 2 amide bonds. The van der Waals surface area contributed by atoms with E-state index in [9.17, 15) is 13.2 Å². The van der Waals surface area contributed by atoms with Crippen LogP contribution in [0.5, 0.6) is 0 Å². The summed E-state index contributed by atoms with van der Waals surface area (Å²) in [6.07, 6.45) is 1.54. The van der Waals surface area contributed by atoms with Gasteiger partial charge in [0, 0.05) is 12.7 Å². The van der Waals surface area contributed by atoms with Crippen LogP contribution in [0, 0.1) is 0 Å². The smallest absolute Gasteiger partial charge is 0.331 e. The molecule has 0 spiro atoms. The summed E-state index contributed by atoms with van der Waals surface area (Å²) in [4.78, 5) is 15.5. The van der Waals surface area contributed by atoms with E-state index in [2.05, 4.69) is 10.3 Å². The third kappa shape index (κ3) is 1.75. The maximum Gasteiger partial charge on any atom is 0.331 e. The van der Waals surface area contributed by atoms with E-state index in [0.29, 0.717) is 5.65 Å². The van der Waals surface area contributed by atoms with E-state index in [4.69, 9.17) is 11.6 Å². The summed E-state index contributed by atoms with van der Waals surface area (Å²) in [5.74, 6) is 0. The molecule has 0 saturated carbocycles. The van der Waals surface area contributed by atoms with Crippen LogP contribution in [0.25, 0.3) is 5.65 Å². The highest BCUT2D eigenvalue weighted by Gasteiger charge is 2.37. The van der Waals surface area contributed by atoms with Gasteiger partial charge in [0.1, 0.15) is 5.65 Å². The van der Waals surface area contributed by atoms with Crippen molar-refractivity contribution in [3.8, 4) is 0 Å². The number of rotatable bonds is 2. The fourth-order valence-electron chi connectivity index (χ4n) is 1.96. The van der Waals surface area contributed by atoms with E-state index in [1.54, 1.807) is 18.2 Å². The maximum absolute atomic E-state index is 12.5. The first-order valence-electron chi connectivity index (χ1n) is 5.45. The van der Waals surface area contributed by atoms with Crippen LogP contribution in [0.4, 0.5) is 4.79 Å². The lowest BCUT2D eigenvalue weighted by Gasteiger charge is -2.14. The monoisotopic (exact) mass is 300 g/mol. The molecule has 100 valence electrons. The second-order valence-electron chi connectivity index (χ2n) is 3.95. The number of aromatic nitrogens is 2. The summed E-state index contributed by atoms with van der Waals surface area (Å²) in [5, 5.41) is 2.10. The van der Waals surface area contributed by atoms with Crippen LogP contribution < -0.4 is 5.32 Å². The van der Waals surface area contributed by atoms with Crippen LogP contribution in [-0.2, 0) is 10.0 Å². The number of sulfonamides is 1.